The van der Waals surface area contributed by atoms with Gasteiger partial charge in [0, 0.05) is 28.5 Å². The van der Waals surface area contributed by atoms with Gasteiger partial charge >= 0.3 is 5.97 Å². The molecule has 0 atom stereocenters. The summed E-state index contributed by atoms with van der Waals surface area (Å²) in [5, 5.41) is 0.604. The van der Waals surface area contributed by atoms with Gasteiger partial charge in [-0.15, -0.1) is 0 Å². The van der Waals surface area contributed by atoms with Gasteiger partial charge < -0.3 is 9.72 Å². The van der Waals surface area contributed by atoms with Crippen LogP contribution in [-0.2, 0) is 9.53 Å². The Morgan fingerprint density at radius 1 is 1.11 bits per heavy atom. The normalized spacial score (nSPS) is 13.1. The van der Waals surface area contributed by atoms with Crippen LogP contribution >= 0.6 is 11.8 Å². The number of hydrogen-bond donors (Lipinski definition) is 1. The maximum atomic E-state index is 13.0. The van der Waals surface area contributed by atoms with Crippen molar-refractivity contribution in [2.24, 2.45) is 0 Å². The summed E-state index contributed by atoms with van der Waals surface area (Å²) >= 11 is 1.38. The highest BCUT2D eigenvalue weighted by atomic mass is 32.2. The highest BCUT2D eigenvalue weighted by molar-refractivity contribution is 7.99. The fraction of sp³-hybridized carbons (Fsp3) is 0.100. The molecule has 1 aliphatic rings. The lowest BCUT2D eigenvalue weighted by Gasteiger charge is -2.17. The molecule has 0 unspecified atom stereocenters. The molecule has 1 aliphatic carbocycles. The Labute approximate surface area is 158 Å². The second-order valence-electron chi connectivity index (χ2n) is 5.86. The zero-order valence-corrected chi connectivity index (χ0v) is 15.1. The number of methoxy groups -OCH3 is 1. The molecule has 3 aromatic rings. The molecule has 7 heteroatoms. The molecule has 4 rings (SSSR count). The van der Waals surface area contributed by atoms with Crippen LogP contribution in [0.15, 0.2) is 53.7 Å². The lowest BCUT2D eigenvalue weighted by Crippen LogP contribution is -2.21. The van der Waals surface area contributed by atoms with E-state index < -0.39 is 5.97 Å². The van der Waals surface area contributed by atoms with E-state index >= 15 is 0 Å². The van der Waals surface area contributed by atoms with Crippen LogP contribution in [0.3, 0.4) is 0 Å². The summed E-state index contributed by atoms with van der Waals surface area (Å²) in [6, 6.07) is 10.2. The van der Waals surface area contributed by atoms with Gasteiger partial charge in [0.05, 0.1) is 23.7 Å². The van der Waals surface area contributed by atoms with Crippen molar-refractivity contribution < 1.29 is 19.1 Å². The van der Waals surface area contributed by atoms with Crippen molar-refractivity contribution in [3.05, 3.63) is 70.8 Å². The van der Waals surface area contributed by atoms with Crippen molar-refractivity contribution in [1.82, 2.24) is 9.97 Å². The Hall–Kier alpha value is -3.19. The van der Waals surface area contributed by atoms with E-state index in [9.17, 15) is 14.4 Å². The number of hydrogen-bond acceptors (Lipinski definition) is 6. The fourth-order valence-electron chi connectivity index (χ4n) is 3.05. The fourth-order valence-corrected chi connectivity index (χ4v) is 3.73. The number of imidazole rings is 1. The monoisotopic (exact) mass is 378 g/mol. The number of rotatable bonds is 4. The number of H-pyrrole nitrogens is 1. The third-order valence-electron chi connectivity index (χ3n) is 4.30. The number of ketones is 2. The van der Waals surface area contributed by atoms with Crippen LogP contribution in [0.2, 0.25) is 0 Å². The van der Waals surface area contributed by atoms with Crippen molar-refractivity contribution in [3.8, 4) is 0 Å². The van der Waals surface area contributed by atoms with Crippen molar-refractivity contribution >= 4 is 40.3 Å². The minimum atomic E-state index is -0.419. The van der Waals surface area contributed by atoms with Gasteiger partial charge in [-0.05, 0) is 12.1 Å². The van der Waals surface area contributed by atoms with E-state index in [0.29, 0.717) is 44.2 Å². The Morgan fingerprint density at radius 2 is 1.85 bits per heavy atom. The quantitative estimate of drug-likeness (QED) is 0.333. The highest BCUT2D eigenvalue weighted by Crippen LogP contribution is 2.32. The third kappa shape index (κ3) is 2.96. The Kier molecular flexibility index (Phi) is 4.37. The van der Waals surface area contributed by atoms with Crippen LogP contribution in [-0.4, -0.2) is 40.4 Å². The van der Waals surface area contributed by atoms with E-state index in [-0.39, 0.29) is 11.6 Å². The predicted molar refractivity (Wildman–Crippen MR) is 101 cm³/mol. The summed E-state index contributed by atoms with van der Waals surface area (Å²) < 4.78 is 4.54. The summed E-state index contributed by atoms with van der Waals surface area (Å²) in [6.07, 6.45) is 3.01. The van der Waals surface area contributed by atoms with Gasteiger partial charge in [0.15, 0.2) is 16.7 Å². The average molecular weight is 378 g/mol. The molecule has 0 radical (unpaired) electrons. The molecule has 27 heavy (non-hydrogen) atoms. The number of thioether (sulfide) groups is 1. The molecule has 0 saturated carbocycles. The largest absolute Gasteiger partial charge is 0.466 e. The van der Waals surface area contributed by atoms with E-state index in [1.165, 1.54) is 24.9 Å². The third-order valence-corrected chi connectivity index (χ3v) is 5.12. The summed E-state index contributed by atoms with van der Waals surface area (Å²) in [4.78, 5) is 44.4. The van der Waals surface area contributed by atoms with Gasteiger partial charge in [-0.3, -0.25) is 9.59 Å². The first-order chi connectivity index (χ1) is 13.1. The number of nitrogens with one attached hydrogen (secondary N) is 1. The first-order valence-corrected chi connectivity index (χ1v) is 9.17. The second-order valence-corrected chi connectivity index (χ2v) is 6.87. The van der Waals surface area contributed by atoms with Crippen molar-refractivity contribution in [3.63, 3.8) is 0 Å². The van der Waals surface area contributed by atoms with Gasteiger partial charge in [0.1, 0.15) is 0 Å². The standard InChI is InChI=1S/C20H14N2O4S/c1-26-15(23)7-4-10-27-20-21-14-9-8-13-16(17(14)22-20)19(25)12-6-3-2-5-11(12)18(13)24/h2-9H,10H2,1H3,(H,21,22). The molecule has 134 valence electrons. The van der Waals surface area contributed by atoms with E-state index in [1.54, 1.807) is 42.5 Å². The van der Waals surface area contributed by atoms with Crippen LogP contribution < -0.4 is 0 Å². The minimum absolute atomic E-state index is 0.160. The van der Waals surface area contributed by atoms with Gasteiger partial charge in [-0.1, -0.05) is 42.1 Å². The van der Waals surface area contributed by atoms with Crippen molar-refractivity contribution in [2.75, 3.05) is 12.9 Å². The average Bonchev–Trinajstić information content (AvgIpc) is 3.11. The number of nitrogens with zero attached hydrogens (tertiary/aromatic N) is 1. The maximum absolute atomic E-state index is 13.0. The van der Waals surface area contributed by atoms with Crippen LogP contribution in [0.25, 0.3) is 11.0 Å². The molecular weight excluding hydrogens is 364 g/mol. The van der Waals surface area contributed by atoms with Gasteiger partial charge in [-0.25, -0.2) is 9.78 Å². The van der Waals surface area contributed by atoms with Crippen molar-refractivity contribution in [2.45, 2.75) is 5.16 Å². The SMILES string of the molecule is COC(=O)C=CCSc1nc2ccc3c(c2[nH]1)C(=O)c1ccccc1C3=O. The Balaban J connectivity index is 1.70. The first kappa shape index (κ1) is 17.2. The van der Waals surface area contributed by atoms with Crippen LogP contribution in [0, 0.1) is 0 Å². The van der Waals surface area contributed by atoms with Gasteiger partial charge in [0.25, 0.3) is 0 Å². The van der Waals surface area contributed by atoms with Crippen LogP contribution in [0.4, 0.5) is 0 Å². The first-order valence-electron chi connectivity index (χ1n) is 8.18. The molecule has 1 heterocycles. The number of carbonyl (C=O) groups is 3. The zero-order chi connectivity index (χ0) is 19.0. The van der Waals surface area contributed by atoms with E-state index in [0.717, 1.165) is 0 Å². The number of fused-ring (bicyclic) bond motifs is 4. The number of aromatic nitrogens is 2. The molecular formula is C20H14N2O4S. The van der Waals surface area contributed by atoms with E-state index in [4.69, 9.17) is 0 Å². The second kappa shape index (κ2) is 6.85. The van der Waals surface area contributed by atoms with Crippen molar-refractivity contribution in [1.29, 1.82) is 0 Å². The molecule has 2 aromatic carbocycles. The summed E-state index contributed by atoms with van der Waals surface area (Å²) in [5.74, 6) is -0.257. The lowest BCUT2D eigenvalue weighted by atomic mass is 9.83. The molecule has 0 bridgehead atoms. The molecule has 0 aliphatic heterocycles. The maximum Gasteiger partial charge on any atom is 0.330 e. The predicted octanol–water partition coefficient (Wildman–Crippen LogP) is 3.16. The lowest BCUT2D eigenvalue weighted by molar-refractivity contribution is -0.134. The minimum Gasteiger partial charge on any atom is -0.466 e. The molecule has 1 N–H and O–H groups in total. The summed E-state index contributed by atoms with van der Waals surface area (Å²) in [6.45, 7) is 0. The smallest absolute Gasteiger partial charge is 0.330 e. The number of benzene rings is 2. The highest BCUT2D eigenvalue weighted by Gasteiger charge is 2.31. The van der Waals surface area contributed by atoms with Crippen LogP contribution in [0.5, 0.6) is 0 Å². The molecule has 6 nitrogen and oxygen atoms in total. The number of aromatic amines is 1. The Bertz CT molecular complexity index is 1130. The summed E-state index contributed by atoms with van der Waals surface area (Å²) in [5.41, 5.74) is 2.76. The number of carbonyl (C=O) groups excluding carboxylic acids is 3. The van der Waals surface area contributed by atoms with E-state index in [2.05, 4.69) is 14.7 Å². The molecule has 0 fully saturated rings. The topological polar surface area (TPSA) is 89.1 Å². The molecule has 0 saturated heterocycles. The number of ether oxygens (including phenoxy) is 1. The summed E-state index contributed by atoms with van der Waals surface area (Å²) in [7, 11) is 1.32. The molecule has 1 aromatic heterocycles. The molecule has 0 amide bonds. The number of esters is 1. The van der Waals surface area contributed by atoms with Crippen LogP contribution in [0.1, 0.15) is 31.8 Å². The zero-order valence-electron chi connectivity index (χ0n) is 14.3. The van der Waals surface area contributed by atoms with E-state index in [1.807, 2.05) is 0 Å². The van der Waals surface area contributed by atoms with Gasteiger partial charge in [-0.2, -0.15) is 0 Å². The molecule has 0 spiro atoms. The Morgan fingerprint density at radius 3 is 2.59 bits per heavy atom. The van der Waals surface area contributed by atoms with Gasteiger partial charge in [0.2, 0.25) is 0 Å².